The Morgan fingerprint density at radius 3 is 1.00 bits per heavy atom. The molecule has 0 unspecified atom stereocenters. The Balaban J connectivity index is -0.0000000150. The third-order valence-electron chi connectivity index (χ3n) is 0. The largest absolute Gasteiger partial charge is 0.631 e. The molecule has 0 aliphatic heterocycles. The van der Waals surface area contributed by atoms with Gasteiger partial charge in [-0.3, -0.25) is 0 Å². The summed E-state index contributed by atoms with van der Waals surface area (Å²) in [5.74, 6) is 0. The van der Waals surface area contributed by atoms with Gasteiger partial charge < -0.3 is 15.1 Å². The van der Waals surface area contributed by atoms with E-state index in [1.54, 1.807) is 0 Å². The van der Waals surface area contributed by atoms with Crippen molar-refractivity contribution >= 4 is 45.1 Å². The summed E-state index contributed by atoms with van der Waals surface area (Å²) in [7, 11) is -2.17. The predicted molar refractivity (Wildman–Crippen MR) is 18.9 cm³/mol. The van der Waals surface area contributed by atoms with E-state index in [1.807, 2.05) is 0 Å². The first-order valence-electron chi connectivity index (χ1n) is 0.775. The molecule has 4 nitrogen and oxygen atoms in total. The Morgan fingerprint density at radius 1 is 1.00 bits per heavy atom. The predicted octanol–water partition coefficient (Wildman–Crippen LogP) is -2.55. The molecule has 0 aliphatic carbocycles. The molecule has 0 amide bonds. The van der Waals surface area contributed by atoms with Crippen LogP contribution in [0.25, 0.3) is 0 Å². The fourth-order valence-electron chi connectivity index (χ4n) is 0. The molecular formula is H3BCaO4Y. The van der Waals surface area contributed by atoms with E-state index in [2.05, 4.69) is 0 Å². The van der Waals surface area contributed by atoms with Crippen LogP contribution in [0, 0.1) is 0 Å². The van der Waals surface area contributed by atoms with Crippen LogP contribution in [0.5, 0.6) is 0 Å². The fraction of sp³-hybridized carbons (Fsp3) is 0. The molecule has 0 rings (SSSR count). The Labute approximate surface area is 96.7 Å². The zero-order valence-electron chi connectivity index (χ0n) is 3.61. The maximum Gasteiger partial charge on any atom is 0.631 e. The maximum absolute atomic E-state index is 7.17. The molecule has 0 spiro atoms. The zero-order chi connectivity index (χ0) is 3.58. The van der Waals surface area contributed by atoms with Crippen molar-refractivity contribution in [1.82, 2.24) is 0 Å². The summed E-state index contributed by atoms with van der Waals surface area (Å²) in [6.07, 6.45) is 0. The van der Waals surface area contributed by atoms with Gasteiger partial charge in [0.1, 0.15) is 0 Å². The summed E-state index contributed by atoms with van der Waals surface area (Å²) in [5.41, 5.74) is 0. The van der Waals surface area contributed by atoms with Crippen molar-refractivity contribution in [3.05, 3.63) is 0 Å². The molecule has 0 fully saturated rings. The van der Waals surface area contributed by atoms with Crippen molar-refractivity contribution in [3.63, 3.8) is 0 Å². The maximum atomic E-state index is 7.17. The molecular weight excluding hydrogens is 204 g/mol. The second-order valence-electron chi connectivity index (χ2n) is 0.346. The van der Waals surface area contributed by atoms with Crippen molar-refractivity contribution < 1.29 is 53.3 Å². The number of rotatable bonds is 0. The molecule has 0 aliphatic rings. The minimum Gasteiger partial charge on any atom is -0.402 e. The van der Waals surface area contributed by atoms with Crippen molar-refractivity contribution in [2.75, 3.05) is 0 Å². The van der Waals surface area contributed by atoms with Gasteiger partial charge in [-0.1, -0.05) is 0 Å². The average Bonchev–Trinajstić information content (AvgIpc) is 0.811. The van der Waals surface area contributed by atoms with Crippen molar-refractivity contribution in [2.24, 2.45) is 0 Å². The van der Waals surface area contributed by atoms with Crippen molar-refractivity contribution in [2.45, 2.75) is 0 Å². The smallest absolute Gasteiger partial charge is 0.402 e. The third-order valence-corrected chi connectivity index (χ3v) is 0. The quantitative estimate of drug-likeness (QED) is 0.382. The molecule has 5 radical (unpaired) electrons. The van der Waals surface area contributed by atoms with Crippen LogP contribution in [0.4, 0.5) is 0 Å². The van der Waals surface area contributed by atoms with E-state index >= 15 is 0 Å². The molecule has 0 aromatic rings. The summed E-state index contributed by atoms with van der Waals surface area (Å²) in [6, 6.07) is 0. The SMILES string of the molecule is OB(O)O.[Ca].[O].[Y]. The van der Waals surface area contributed by atoms with Gasteiger partial charge in [0.25, 0.3) is 0 Å². The minimum absolute atomic E-state index is 0. The van der Waals surface area contributed by atoms with E-state index in [0.717, 1.165) is 0 Å². The third kappa shape index (κ3) is 63.1. The Morgan fingerprint density at radius 2 is 1.00 bits per heavy atom. The molecule has 0 aromatic carbocycles. The topological polar surface area (TPSA) is 89.2 Å². The van der Waals surface area contributed by atoms with Crippen LogP contribution in [-0.4, -0.2) is 60.1 Å². The van der Waals surface area contributed by atoms with E-state index in [-0.39, 0.29) is 75.9 Å². The minimum atomic E-state index is -2.17. The van der Waals surface area contributed by atoms with Crippen LogP contribution >= 0.6 is 0 Å². The van der Waals surface area contributed by atoms with Gasteiger partial charge in [-0.2, -0.15) is 0 Å². The Bertz CT molecular complexity index is 16.4. The average molecular weight is 207 g/mol. The molecule has 0 aromatic heterocycles. The molecule has 35 valence electrons. The van der Waals surface area contributed by atoms with Gasteiger partial charge in [-0.15, -0.1) is 0 Å². The van der Waals surface area contributed by atoms with Gasteiger partial charge in [-0.25, -0.2) is 0 Å². The molecule has 0 saturated carbocycles. The first-order valence-corrected chi connectivity index (χ1v) is 0.775. The van der Waals surface area contributed by atoms with Gasteiger partial charge in [0.15, 0.2) is 0 Å². The van der Waals surface area contributed by atoms with E-state index in [1.165, 1.54) is 0 Å². The molecule has 3 N–H and O–H groups in total. The van der Waals surface area contributed by atoms with E-state index in [0.29, 0.717) is 0 Å². The van der Waals surface area contributed by atoms with Gasteiger partial charge in [0, 0.05) is 75.9 Å². The number of hydrogen-bond donors (Lipinski definition) is 3. The van der Waals surface area contributed by atoms with Crippen LogP contribution < -0.4 is 0 Å². The summed E-state index contributed by atoms with van der Waals surface area (Å²) in [4.78, 5) is 0. The molecule has 7 heteroatoms. The normalized spacial score (nSPS) is 3.86. The second-order valence-corrected chi connectivity index (χ2v) is 0.346. The van der Waals surface area contributed by atoms with Gasteiger partial charge in [0.2, 0.25) is 0 Å². The first-order chi connectivity index (χ1) is 1.73. The molecule has 0 atom stereocenters. The standard InChI is InChI=1S/BH3O3.Ca.O.Y/c2-1(3)4;;;/h2-4H;;;. The zero-order valence-corrected chi connectivity index (χ0v) is 8.66. The molecule has 0 bridgehead atoms. The van der Waals surface area contributed by atoms with Crippen molar-refractivity contribution in [1.29, 1.82) is 0 Å². The van der Waals surface area contributed by atoms with Crippen molar-refractivity contribution in [3.8, 4) is 0 Å². The van der Waals surface area contributed by atoms with Gasteiger partial charge >= 0.3 is 7.32 Å². The van der Waals surface area contributed by atoms with Gasteiger partial charge in [-0.05, 0) is 0 Å². The summed E-state index contributed by atoms with van der Waals surface area (Å²) in [6.45, 7) is 0. The molecule has 0 heterocycles. The van der Waals surface area contributed by atoms with Crippen LogP contribution in [-0.2, 0) is 38.2 Å². The Hall–Kier alpha value is 2.27. The van der Waals surface area contributed by atoms with Crippen LogP contribution in [0.1, 0.15) is 0 Å². The van der Waals surface area contributed by atoms with Crippen LogP contribution in [0.15, 0.2) is 0 Å². The summed E-state index contributed by atoms with van der Waals surface area (Å²) < 4.78 is 0. The molecule has 0 saturated heterocycles. The van der Waals surface area contributed by atoms with E-state index in [9.17, 15) is 0 Å². The summed E-state index contributed by atoms with van der Waals surface area (Å²) >= 11 is 0. The van der Waals surface area contributed by atoms with Crippen LogP contribution in [0.2, 0.25) is 0 Å². The van der Waals surface area contributed by atoms with Crippen LogP contribution in [0.3, 0.4) is 0 Å². The van der Waals surface area contributed by atoms with E-state index < -0.39 is 7.32 Å². The number of hydrogen-bond acceptors (Lipinski definition) is 3. The Kier molecular flexibility index (Phi) is 51.3. The monoisotopic (exact) mass is 207 g/mol. The summed E-state index contributed by atoms with van der Waals surface area (Å²) in [5, 5.41) is 21.5. The van der Waals surface area contributed by atoms with Gasteiger partial charge in [0.05, 0.1) is 0 Å². The first kappa shape index (κ1) is 22.8. The molecule has 7 heavy (non-hydrogen) atoms. The fourth-order valence-corrected chi connectivity index (χ4v) is 0. The second kappa shape index (κ2) is 15.7. The van der Waals surface area contributed by atoms with E-state index in [4.69, 9.17) is 15.1 Å².